The number of para-hydroxylation sites is 1. The number of carbonyl (C=O) groups excluding carboxylic acids is 1. The Kier molecular flexibility index (Phi) is 8.18. The van der Waals surface area contributed by atoms with Gasteiger partial charge in [0, 0.05) is 12.0 Å². The monoisotopic (exact) mass is 487 g/mol. The average Bonchev–Trinajstić information content (AvgIpc) is 3.35. The van der Waals surface area contributed by atoms with Crippen molar-refractivity contribution >= 4 is 11.6 Å². The third-order valence-electron chi connectivity index (χ3n) is 5.25. The van der Waals surface area contributed by atoms with Crippen LogP contribution in [0.3, 0.4) is 0 Å². The molecule has 1 N–H and O–H groups in total. The molecule has 8 nitrogen and oxygen atoms in total. The molecule has 4 rings (SSSR count). The molecular weight excluding hydrogens is 458 g/mol. The lowest BCUT2D eigenvalue weighted by atomic mass is 10.1. The normalized spacial score (nSPS) is 10.6. The third kappa shape index (κ3) is 5.83. The van der Waals surface area contributed by atoms with E-state index in [1.165, 1.54) is 0 Å². The lowest BCUT2D eigenvalue weighted by Crippen LogP contribution is -2.14. The number of ether oxygens (including phenoxy) is 3. The quantitative estimate of drug-likeness (QED) is 0.287. The fourth-order valence-corrected chi connectivity index (χ4v) is 3.71. The highest BCUT2D eigenvalue weighted by atomic mass is 16.5. The molecule has 4 aromatic rings. The molecule has 1 heterocycles. The molecule has 0 fully saturated rings. The summed E-state index contributed by atoms with van der Waals surface area (Å²) >= 11 is 0. The van der Waals surface area contributed by atoms with E-state index in [0.29, 0.717) is 72.0 Å². The number of nitrogens with zero attached hydrogens (tertiary/aromatic N) is 2. The van der Waals surface area contributed by atoms with Gasteiger partial charge >= 0.3 is 0 Å². The predicted molar refractivity (Wildman–Crippen MR) is 137 cm³/mol. The van der Waals surface area contributed by atoms with Crippen LogP contribution in [0, 0.1) is 0 Å². The van der Waals surface area contributed by atoms with Gasteiger partial charge in [0.15, 0.2) is 17.3 Å². The maximum Gasteiger partial charge on any atom is 0.260 e. The molecule has 0 unspecified atom stereocenters. The zero-order valence-electron chi connectivity index (χ0n) is 20.6. The lowest BCUT2D eigenvalue weighted by Gasteiger charge is -2.17. The lowest BCUT2D eigenvalue weighted by molar-refractivity contribution is 0.102. The second-order valence-corrected chi connectivity index (χ2v) is 7.78. The van der Waals surface area contributed by atoms with E-state index >= 15 is 0 Å². The maximum atomic E-state index is 13.3. The average molecular weight is 488 g/mol. The summed E-state index contributed by atoms with van der Waals surface area (Å²) in [6, 6.07) is 20.5. The smallest absolute Gasteiger partial charge is 0.260 e. The second-order valence-electron chi connectivity index (χ2n) is 7.78. The van der Waals surface area contributed by atoms with Crippen molar-refractivity contribution in [3.63, 3.8) is 0 Å². The van der Waals surface area contributed by atoms with E-state index in [2.05, 4.69) is 15.5 Å². The number of benzene rings is 3. The number of anilines is 1. The molecule has 1 aromatic heterocycles. The Labute approximate surface area is 210 Å². The van der Waals surface area contributed by atoms with Crippen molar-refractivity contribution in [2.75, 3.05) is 25.1 Å². The summed E-state index contributed by atoms with van der Waals surface area (Å²) in [6.07, 6.45) is 0.547. The molecule has 186 valence electrons. The number of carbonyl (C=O) groups is 1. The minimum absolute atomic E-state index is 0.327. The Hall–Kier alpha value is -4.33. The van der Waals surface area contributed by atoms with E-state index in [4.69, 9.17) is 18.7 Å². The number of aromatic nitrogens is 2. The van der Waals surface area contributed by atoms with Gasteiger partial charge in [-0.15, -0.1) is 0 Å². The van der Waals surface area contributed by atoms with Crippen molar-refractivity contribution in [2.45, 2.75) is 27.2 Å². The van der Waals surface area contributed by atoms with Crippen LogP contribution < -0.4 is 19.5 Å². The summed E-state index contributed by atoms with van der Waals surface area (Å²) in [6.45, 7) is 6.90. The maximum absolute atomic E-state index is 13.3. The first kappa shape index (κ1) is 24.8. The highest BCUT2D eigenvalue weighted by Crippen LogP contribution is 2.39. The molecule has 0 saturated heterocycles. The first-order chi connectivity index (χ1) is 17.6. The predicted octanol–water partition coefficient (Wildman–Crippen LogP) is 5.78. The van der Waals surface area contributed by atoms with Crippen LogP contribution in [-0.2, 0) is 6.42 Å². The summed E-state index contributed by atoms with van der Waals surface area (Å²) in [5, 5.41) is 7.07. The summed E-state index contributed by atoms with van der Waals surface area (Å²) in [7, 11) is 0. The van der Waals surface area contributed by atoms with Crippen molar-refractivity contribution in [1.82, 2.24) is 10.1 Å². The number of hydrogen-bond acceptors (Lipinski definition) is 7. The van der Waals surface area contributed by atoms with Gasteiger partial charge in [-0.3, -0.25) is 4.79 Å². The molecule has 0 aliphatic carbocycles. The molecule has 36 heavy (non-hydrogen) atoms. The van der Waals surface area contributed by atoms with E-state index in [1.807, 2.05) is 69.3 Å². The number of rotatable bonds is 11. The first-order valence-corrected chi connectivity index (χ1v) is 12.0. The van der Waals surface area contributed by atoms with Crippen molar-refractivity contribution in [2.24, 2.45) is 0 Å². The molecule has 3 aromatic carbocycles. The second kappa shape index (κ2) is 11.9. The van der Waals surface area contributed by atoms with E-state index in [0.717, 1.165) is 5.56 Å². The number of hydrogen-bond donors (Lipinski definition) is 1. The van der Waals surface area contributed by atoms with Crippen LogP contribution in [-0.4, -0.2) is 35.9 Å². The van der Waals surface area contributed by atoms with Crippen LogP contribution in [0.1, 0.15) is 42.5 Å². The van der Waals surface area contributed by atoms with Gasteiger partial charge < -0.3 is 24.1 Å². The standard InChI is InChI=1S/C28H29N3O5/c1-4-33-23-17-20(18-24(34-5-2)26(23)35-6-3)27(32)29-22-15-11-10-14-21(22)28-30-25(31-36-28)16-19-12-8-7-9-13-19/h7-15,17-18H,4-6,16H2,1-3H3,(H,29,32). The zero-order valence-corrected chi connectivity index (χ0v) is 20.6. The van der Waals surface area contributed by atoms with Crippen molar-refractivity contribution < 1.29 is 23.5 Å². The molecule has 0 spiro atoms. The highest BCUT2D eigenvalue weighted by molar-refractivity contribution is 6.06. The van der Waals surface area contributed by atoms with Crippen LogP contribution in [0.5, 0.6) is 17.2 Å². The van der Waals surface area contributed by atoms with Gasteiger partial charge in [0.05, 0.1) is 31.1 Å². The van der Waals surface area contributed by atoms with Crippen molar-refractivity contribution in [3.05, 3.63) is 83.7 Å². The Balaban J connectivity index is 1.60. The van der Waals surface area contributed by atoms with Crippen LogP contribution in [0.4, 0.5) is 5.69 Å². The molecule has 0 saturated carbocycles. The van der Waals surface area contributed by atoms with Gasteiger partial charge in [0.1, 0.15) is 0 Å². The molecule has 0 aliphatic rings. The Bertz CT molecular complexity index is 1280. The number of amides is 1. The van der Waals surface area contributed by atoms with Crippen LogP contribution in [0.25, 0.3) is 11.5 Å². The molecule has 8 heteroatoms. The summed E-state index contributed by atoms with van der Waals surface area (Å²) < 4.78 is 22.8. The van der Waals surface area contributed by atoms with Crippen molar-refractivity contribution in [3.8, 4) is 28.7 Å². The highest BCUT2D eigenvalue weighted by Gasteiger charge is 2.20. The Morgan fingerprint density at radius 1 is 0.861 bits per heavy atom. The molecule has 0 aliphatic heterocycles. The fourth-order valence-electron chi connectivity index (χ4n) is 3.71. The Morgan fingerprint density at radius 3 is 2.17 bits per heavy atom. The van der Waals surface area contributed by atoms with E-state index in [9.17, 15) is 4.79 Å². The SMILES string of the molecule is CCOc1cc(C(=O)Nc2ccccc2-c2nc(Cc3ccccc3)no2)cc(OCC)c1OCC. The number of nitrogens with one attached hydrogen (secondary N) is 1. The largest absolute Gasteiger partial charge is 0.490 e. The molecule has 0 radical (unpaired) electrons. The van der Waals surface area contributed by atoms with Crippen LogP contribution in [0.15, 0.2) is 71.3 Å². The Morgan fingerprint density at radius 2 is 1.50 bits per heavy atom. The summed E-state index contributed by atoms with van der Waals surface area (Å²) in [5.41, 5.74) is 2.62. The van der Waals surface area contributed by atoms with Gasteiger partial charge in [0.2, 0.25) is 5.75 Å². The van der Waals surface area contributed by atoms with Gasteiger partial charge in [-0.25, -0.2) is 0 Å². The zero-order chi connectivity index (χ0) is 25.3. The minimum atomic E-state index is -0.337. The van der Waals surface area contributed by atoms with Gasteiger partial charge in [0.25, 0.3) is 11.8 Å². The van der Waals surface area contributed by atoms with Gasteiger partial charge in [-0.1, -0.05) is 47.6 Å². The van der Waals surface area contributed by atoms with E-state index in [1.54, 1.807) is 18.2 Å². The van der Waals surface area contributed by atoms with E-state index < -0.39 is 0 Å². The molecule has 1 amide bonds. The first-order valence-electron chi connectivity index (χ1n) is 12.0. The third-order valence-corrected chi connectivity index (χ3v) is 5.25. The fraction of sp³-hybridized carbons (Fsp3) is 0.250. The van der Waals surface area contributed by atoms with E-state index in [-0.39, 0.29) is 5.91 Å². The summed E-state index contributed by atoms with van der Waals surface area (Å²) in [4.78, 5) is 17.8. The molecule has 0 atom stereocenters. The minimum Gasteiger partial charge on any atom is -0.490 e. The van der Waals surface area contributed by atoms with Crippen molar-refractivity contribution in [1.29, 1.82) is 0 Å². The molecular formula is C28H29N3O5. The van der Waals surface area contributed by atoms with Gasteiger partial charge in [-0.05, 0) is 50.6 Å². The molecule has 0 bridgehead atoms. The van der Waals surface area contributed by atoms with Crippen LogP contribution >= 0.6 is 0 Å². The summed E-state index contributed by atoms with van der Waals surface area (Å²) in [5.74, 6) is 1.93. The topological polar surface area (TPSA) is 95.7 Å². The van der Waals surface area contributed by atoms with Gasteiger partial charge in [-0.2, -0.15) is 4.98 Å². The van der Waals surface area contributed by atoms with Crippen LogP contribution in [0.2, 0.25) is 0 Å².